The Kier molecular flexibility index (Phi) is 4.55. The highest BCUT2D eigenvalue weighted by molar-refractivity contribution is 5.85. The highest BCUT2D eigenvalue weighted by Crippen LogP contribution is 2.32. The number of carboxylic acid groups (broad SMARTS) is 1. The van der Waals surface area contributed by atoms with Gasteiger partial charge in [0.1, 0.15) is 0 Å². The summed E-state index contributed by atoms with van der Waals surface area (Å²) >= 11 is 0. The molecule has 0 aromatic rings. The van der Waals surface area contributed by atoms with Gasteiger partial charge in [-0.05, 0) is 24.7 Å². The Morgan fingerprint density at radius 3 is 2.29 bits per heavy atom. The number of nitrogens with zero attached hydrogens (tertiary/aromatic N) is 1. The van der Waals surface area contributed by atoms with Gasteiger partial charge in [-0.2, -0.15) is 0 Å². The summed E-state index contributed by atoms with van der Waals surface area (Å²) in [4.78, 5) is 25.8. The van der Waals surface area contributed by atoms with E-state index in [-0.39, 0.29) is 11.3 Å². The molecule has 2 rings (SSSR count). The Bertz CT molecular complexity index is 485. The highest BCUT2D eigenvalue weighted by Gasteiger charge is 2.37. The molecule has 0 spiro atoms. The zero-order valence-electron chi connectivity index (χ0n) is 13.1. The van der Waals surface area contributed by atoms with Crippen molar-refractivity contribution < 1.29 is 14.7 Å². The lowest BCUT2D eigenvalue weighted by Crippen LogP contribution is -2.44. The van der Waals surface area contributed by atoms with Crippen molar-refractivity contribution >= 4 is 11.9 Å². The quantitative estimate of drug-likeness (QED) is 0.796. The second-order valence-electron chi connectivity index (χ2n) is 7.01. The molecule has 4 nitrogen and oxygen atoms in total. The fourth-order valence-corrected chi connectivity index (χ4v) is 3.15. The second-order valence-corrected chi connectivity index (χ2v) is 7.01. The van der Waals surface area contributed by atoms with Crippen molar-refractivity contribution in [3.8, 4) is 0 Å². The predicted octanol–water partition coefficient (Wildman–Crippen LogP) is 2.86. The van der Waals surface area contributed by atoms with Gasteiger partial charge in [0.2, 0.25) is 5.91 Å². The molecule has 1 aliphatic heterocycles. The molecule has 1 N–H and O–H groups in total. The molecule has 1 aliphatic carbocycles. The van der Waals surface area contributed by atoms with E-state index in [1.807, 2.05) is 17.1 Å². The molecule has 1 amide bonds. The minimum atomic E-state index is -0.861. The minimum Gasteiger partial charge on any atom is -0.481 e. The lowest BCUT2D eigenvalue weighted by Gasteiger charge is -2.35. The van der Waals surface area contributed by atoms with Crippen molar-refractivity contribution in [2.24, 2.45) is 17.3 Å². The molecule has 0 aromatic heterocycles. The molecule has 0 fully saturated rings. The molecule has 0 bridgehead atoms. The van der Waals surface area contributed by atoms with Gasteiger partial charge in [0.15, 0.2) is 0 Å². The van der Waals surface area contributed by atoms with Crippen LogP contribution in [-0.4, -0.2) is 35.0 Å². The van der Waals surface area contributed by atoms with Crippen LogP contribution < -0.4 is 0 Å². The maximum absolute atomic E-state index is 12.6. The molecule has 4 heteroatoms. The number of hydrogen-bond donors (Lipinski definition) is 1. The van der Waals surface area contributed by atoms with Crippen LogP contribution in [0.1, 0.15) is 40.0 Å². The first-order valence-electron chi connectivity index (χ1n) is 7.67. The van der Waals surface area contributed by atoms with E-state index >= 15 is 0 Å². The molecule has 0 saturated carbocycles. The molecular formula is C17H25NO3. The molecule has 0 saturated heterocycles. The van der Waals surface area contributed by atoms with Gasteiger partial charge in [-0.1, -0.05) is 44.6 Å². The normalized spacial score (nSPS) is 26.4. The number of amides is 1. The summed E-state index contributed by atoms with van der Waals surface area (Å²) in [6.45, 7) is 7.86. The molecule has 0 unspecified atom stereocenters. The number of rotatable bonds is 2. The van der Waals surface area contributed by atoms with Crippen LogP contribution in [0.3, 0.4) is 0 Å². The third-order valence-corrected chi connectivity index (χ3v) is 4.55. The van der Waals surface area contributed by atoms with Crippen molar-refractivity contribution in [2.75, 3.05) is 13.1 Å². The van der Waals surface area contributed by atoms with Crippen LogP contribution >= 0.6 is 0 Å². The molecule has 0 radical (unpaired) electrons. The van der Waals surface area contributed by atoms with Crippen LogP contribution in [0.4, 0.5) is 0 Å². The first-order valence-corrected chi connectivity index (χ1v) is 7.67. The number of hydrogen-bond acceptors (Lipinski definition) is 2. The van der Waals surface area contributed by atoms with Gasteiger partial charge < -0.3 is 10.0 Å². The van der Waals surface area contributed by atoms with Crippen LogP contribution in [0, 0.1) is 17.3 Å². The third-order valence-electron chi connectivity index (χ3n) is 4.55. The van der Waals surface area contributed by atoms with Crippen molar-refractivity contribution in [3.63, 3.8) is 0 Å². The summed E-state index contributed by atoms with van der Waals surface area (Å²) < 4.78 is 0. The summed E-state index contributed by atoms with van der Waals surface area (Å²) in [6, 6.07) is 0. The lowest BCUT2D eigenvalue weighted by atomic mass is 9.80. The molecular weight excluding hydrogens is 266 g/mol. The molecule has 2 aliphatic rings. The smallest absolute Gasteiger partial charge is 0.307 e. The van der Waals surface area contributed by atoms with Crippen molar-refractivity contribution in [1.82, 2.24) is 4.90 Å². The maximum atomic E-state index is 12.6. The van der Waals surface area contributed by atoms with Gasteiger partial charge in [0.25, 0.3) is 0 Å². The van der Waals surface area contributed by atoms with E-state index in [2.05, 4.69) is 26.8 Å². The van der Waals surface area contributed by atoms with Gasteiger partial charge in [0.05, 0.1) is 11.8 Å². The average molecular weight is 291 g/mol. The predicted molar refractivity (Wildman–Crippen MR) is 81.7 cm³/mol. The Labute approximate surface area is 126 Å². The zero-order valence-corrected chi connectivity index (χ0v) is 13.1. The van der Waals surface area contributed by atoms with Crippen molar-refractivity contribution in [2.45, 2.75) is 40.0 Å². The zero-order chi connectivity index (χ0) is 15.6. The fourth-order valence-electron chi connectivity index (χ4n) is 3.15. The molecule has 0 aromatic carbocycles. The van der Waals surface area contributed by atoms with E-state index in [1.165, 1.54) is 5.57 Å². The van der Waals surface area contributed by atoms with Crippen LogP contribution in [0.2, 0.25) is 0 Å². The topological polar surface area (TPSA) is 57.6 Å². The fraction of sp³-hybridized carbons (Fsp3) is 0.647. The summed E-state index contributed by atoms with van der Waals surface area (Å²) in [5.74, 6) is -1.84. The van der Waals surface area contributed by atoms with Gasteiger partial charge in [0, 0.05) is 13.1 Å². The lowest BCUT2D eigenvalue weighted by molar-refractivity contribution is -0.150. The van der Waals surface area contributed by atoms with Crippen LogP contribution in [0.15, 0.2) is 23.8 Å². The summed E-state index contributed by atoms with van der Waals surface area (Å²) in [5.41, 5.74) is 1.52. The van der Waals surface area contributed by atoms with Gasteiger partial charge in [-0.15, -0.1) is 0 Å². The first kappa shape index (κ1) is 15.8. The minimum absolute atomic E-state index is 0.00374. The molecule has 116 valence electrons. The maximum Gasteiger partial charge on any atom is 0.307 e. The van der Waals surface area contributed by atoms with E-state index in [4.69, 9.17) is 0 Å². The van der Waals surface area contributed by atoms with Crippen LogP contribution in [-0.2, 0) is 9.59 Å². The summed E-state index contributed by atoms with van der Waals surface area (Å²) in [7, 11) is 0. The van der Waals surface area contributed by atoms with E-state index < -0.39 is 17.8 Å². The van der Waals surface area contributed by atoms with Crippen molar-refractivity contribution in [1.29, 1.82) is 0 Å². The molecule has 21 heavy (non-hydrogen) atoms. The second kappa shape index (κ2) is 6.04. The number of carboxylic acids is 1. The van der Waals surface area contributed by atoms with E-state index in [9.17, 15) is 14.7 Å². The Morgan fingerprint density at radius 1 is 1.19 bits per heavy atom. The van der Waals surface area contributed by atoms with Crippen LogP contribution in [0.25, 0.3) is 0 Å². The summed E-state index contributed by atoms with van der Waals surface area (Å²) in [5, 5.41) is 9.29. The van der Waals surface area contributed by atoms with Gasteiger partial charge >= 0.3 is 5.97 Å². The van der Waals surface area contributed by atoms with E-state index in [1.54, 1.807) is 0 Å². The Hall–Kier alpha value is -1.58. The third kappa shape index (κ3) is 3.55. The van der Waals surface area contributed by atoms with E-state index in [0.29, 0.717) is 25.9 Å². The Morgan fingerprint density at radius 2 is 1.81 bits per heavy atom. The highest BCUT2D eigenvalue weighted by atomic mass is 16.4. The number of carbonyl (C=O) groups is 2. The molecule has 1 heterocycles. The van der Waals surface area contributed by atoms with Crippen molar-refractivity contribution in [3.05, 3.63) is 23.8 Å². The number of allylic oxidation sites excluding steroid dienone is 2. The molecule has 2 atom stereocenters. The largest absolute Gasteiger partial charge is 0.481 e. The number of carbonyl (C=O) groups excluding carboxylic acids is 1. The van der Waals surface area contributed by atoms with Gasteiger partial charge in [-0.3, -0.25) is 9.59 Å². The SMILES string of the molecule is CC(C)(C)C1=CCN(C(=O)[C@@H]2CC=CC[C@@H]2C(=O)O)CC1. The number of aliphatic carboxylic acids is 1. The van der Waals surface area contributed by atoms with Crippen LogP contribution in [0.5, 0.6) is 0 Å². The van der Waals surface area contributed by atoms with E-state index in [0.717, 1.165) is 6.42 Å². The first-order chi connectivity index (χ1) is 9.80. The van der Waals surface area contributed by atoms with Gasteiger partial charge in [-0.25, -0.2) is 0 Å². The standard InChI is InChI=1S/C17H25NO3/c1-17(2,3)12-8-10-18(11-9-12)15(19)13-6-4-5-7-14(13)16(20)21/h4-5,8,13-14H,6-7,9-11H2,1-3H3,(H,20,21)/t13-,14+/m1/s1. The Balaban J connectivity index is 2.06. The average Bonchev–Trinajstić information content (AvgIpc) is 2.45. The monoisotopic (exact) mass is 291 g/mol. The summed E-state index contributed by atoms with van der Waals surface area (Å²) in [6.07, 6.45) is 7.83.